The normalized spacial score (nSPS) is 53.7. The van der Waals surface area contributed by atoms with Crippen molar-refractivity contribution in [3.63, 3.8) is 0 Å². The summed E-state index contributed by atoms with van der Waals surface area (Å²) in [6, 6.07) is 0. The third kappa shape index (κ3) is 2.72. The molecule has 5 aliphatic carbocycles. The molecule has 0 heterocycles. The maximum Gasteiger partial charge on any atom is 0.126 e. The zero-order valence-electron chi connectivity index (χ0n) is 22.4. The number of fused-ring (bicyclic) bond motifs is 7. The molecule has 4 saturated carbocycles. The van der Waals surface area contributed by atoms with Crippen molar-refractivity contribution in [3.05, 3.63) is 11.6 Å². The highest BCUT2D eigenvalue weighted by molar-refractivity contribution is 5.63. The number of allylic oxidation sites excluding steroid dienone is 2. The number of rotatable bonds is 1. The maximum atomic E-state index is 12.6. The minimum atomic E-state index is -0.0760. The minimum Gasteiger partial charge on any atom is -0.303 e. The Morgan fingerprint density at radius 3 is 2.22 bits per heavy atom. The summed E-state index contributed by atoms with van der Waals surface area (Å²) in [6.07, 6.45) is 16.8. The van der Waals surface area contributed by atoms with Crippen LogP contribution in [0, 0.1) is 56.2 Å². The SMILES string of the molecule is C[C@H]1CC[C@@]2(C)C(CC[C@]3(C)C2CC=C2[C@@H]4CC(C)(C)CC[C@]4(C=O)CC[C@@]23C)C1(C)C. The van der Waals surface area contributed by atoms with Crippen molar-refractivity contribution >= 4 is 6.29 Å². The molecule has 8 atom stereocenters. The summed E-state index contributed by atoms with van der Waals surface area (Å²) < 4.78 is 0. The molecule has 2 unspecified atom stereocenters. The van der Waals surface area contributed by atoms with Crippen LogP contribution < -0.4 is 0 Å². The summed E-state index contributed by atoms with van der Waals surface area (Å²) in [4.78, 5) is 12.6. The van der Waals surface area contributed by atoms with Crippen molar-refractivity contribution < 1.29 is 4.79 Å². The van der Waals surface area contributed by atoms with E-state index >= 15 is 0 Å². The molecule has 0 bridgehead atoms. The molecule has 0 saturated heterocycles. The van der Waals surface area contributed by atoms with Gasteiger partial charge in [0.05, 0.1) is 0 Å². The number of aldehydes is 1. The van der Waals surface area contributed by atoms with E-state index in [4.69, 9.17) is 0 Å². The highest BCUT2D eigenvalue weighted by atomic mass is 16.1. The fourth-order valence-corrected chi connectivity index (χ4v) is 10.7. The summed E-state index contributed by atoms with van der Waals surface area (Å²) in [5.74, 6) is 2.95. The molecule has 0 spiro atoms. The number of hydrogen-bond donors (Lipinski definition) is 0. The Kier molecular flexibility index (Phi) is 4.89. The van der Waals surface area contributed by atoms with Gasteiger partial charge in [0.25, 0.3) is 0 Å². The van der Waals surface area contributed by atoms with Crippen LogP contribution in [-0.2, 0) is 4.79 Å². The van der Waals surface area contributed by atoms with E-state index in [-0.39, 0.29) is 10.8 Å². The van der Waals surface area contributed by atoms with Crippen molar-refractivity contribution in [2.45, 2.75) is 120 Å². The average Bonchev–Trinajstić information content (AvgIpc) is 2.71. The van der Waals surface area contributed by atoms with E-state index in [0.717, 1.165) is 30.6 Å². The number of carbonyl (C=O) groups is 1. The first-order valence-electron chi connectivity index (χ1n) is 13.9. The molecule has 1 heteroatoms. The molecule has 0 N–H and O–H groups in total. The van der Waals surface area contributed by atoms with Gasteiger partial charge in [-0.2, -0.15) is 0 Å². The summed E-state index contributed by atoms with van der Waals surface area (Å²) in [6.45, 7) is 20.6. The van der Waals surface area contributed by atoms with Crippen molar-refractivity contribution in [1.29, 1.82) is 0 Å². The Bertz CT molecular complexity index is 833. The molecule has 0 aromatic heterocycles. The summed E-state index contributed by atoms with van der Waals surface area (Å²) in [5, 5.41) is 0. The second kappa shape index (κ2) is 6.75. The molecule has 1 nitrogen and oxygen atoms in total. The lowest BCUT2D eigenvalue weighted by Crippen LogP contribution is -2.64. The summed E-state index contributed by atoms with van der Waals surface area (Å²) in [7, 11) is 0. The van der Waals surface area contributed by atoms with E-state index in [2.05, 4.69) is 61.5 Å². The molecule has 0 aromatic carbocycles. The van der Waals surface area contributed by atoms with Gasteiger partial charge in [0, 0.05) is 5.41 Å². The van der Waals surface area contributed by atoms with E-state index < -0.39 is 0 Å². The van der Waals surface area contributed by atoms with E-state index in [1.54, 1.807) is 5.57 Å². The van der Waals surface area contributed by atoms with Crippen molar-refractivity contribution in [2.24, 2.45) is 56.2 Å². The Morgan fingerprint density at radius 1 is 0.844 bits per heavy atom. The first kappa shape index (κ1) is 23.2. The van der Waals surface area contributed by atoms with E-state index in [1.165, 1.54) is 57.7 Å². The van der Waals surface area contributed by atoms with Crippen molar-refractivity contribution in [2.75, 3.05) is 0 Å². The summed E-state index contributed by atoms with van der Waals surface area (Å²) in [5.41, 5.74) is 3.55. The van der Waals surface area contributed by atoms with Crippen LogP contribution in [0.5, 0.6) is 0 Å². The molecule has 32 heavy (non-hydrogen) atoms. The topological polar surface area (TPSA) is 17.1 Å². The second-order valence-electron chi connectivity index (χ2n) is 15.3. The first-order chi connectivity index (χ1) is 14.8. The van der Waals surface area contributed by atoms with Gasteiger partial charge in [-0.3, -0.25) is 0 Å². The number of carbonyl (C=O) groups excluding carboxylic acids is 1. The Morgan fingerprint density at radius 2 is 1.53 bits per heavy atom. The third-order valence-corrected chi connectivity index (χ3v) is 13.5. The Hall–Kier alpha value is -0.590. The van der Waals surface area contributed by atoms with Crippen LogP contribution in [0.3, 0.4) is 0 Å². The standard InChI is InChI=1S/C31H50O/c1-21-11-13-28(6)24(27(21,4)5)12-14-30(8)25(28)10-9-22-23-19-26(2,3)15-17-31(23,20-32)18-16-29(22,30)7/h9,20-21,23-25H,10-19H2,1-8H3/t21-,23-,24?,25?,28-,29-,30+,31+/m0/s1. The van der Waals surface area contributed by atoms with Crippen LogP contribution in [0.15, 0.2) is 11.6 Å². The van der Waals surface area contributed by atoms with Crippen LogP contribution in [0.4, 0.5) is 0 Å². The molecular weight excluding hydrogens is 388 g/mol. The largest absolute Gasteiger partial charge is 0.303 e. The molecule has 4 fully saturated rings. The smallest absolute Gasteiger partial charge is 0.126 e. The van der Waals surface area contributed by atoms with Gasteiger partial charge < -0.3 is 4.79 Å². The van der Waals surface area contributed by atoms with Gasteiger partial charge in [-0.25, -0.2) is 0 Å². The molecule has 5 rings (SSSR count). The summed E-state index contributed by atoms with van der Waals surface area (Å²) >= 11 is 0. The predicted octanol–water partition coefficient (Wildman–Crippen LogP) is 8.62. The average molecular weight is 439 g/mol. The zero-order chi connectivity index (χ0) is 23.4. The van der Waals surface area contributed by atoms with Crippen LogP contribution >= 0.6 is 0 Å². The molecule has 0 amide bonds. The van der Waals surface area contributed by atoms with Crippen molar-refractivity contribution in [3.8, 4) is 0 Å². The number of hydrogen-bond acceptors (Lipinski definition) is 1. The van der Waals surface area contributed by atoms with E-state index in [9.17, 15) is 4.79 Å². The highest BCUT2D eigenvalue weighted by Gasteiger charge is 2.68. The molecule has 0 aliphatic heterocycles. The molecular formula is C31H50O. The maximum absolute atomic E-state index is 12.6. The van der Waals surface area contributed by atoms with Gasteiger partial charge in [0.2, 0.25) is 0 Å². The van der Waals surface area contributed by atoms with Crippen LogP contribution in [0.25, 0.3) is 0 Å². The lowest BCUT2D eigenvalue weighted by Gasteiger charge is -2.71. The lowest BCUT2D eigenvalue weighted by molar-refractivity contribution is -0.190. The van der Waals surface area contributed by atoms with Crippen LogP contribution in [0.2, 0.25) is 0 Å². The Labute approximate surface area is 198 Å². The molecule has 0 radical (unpaired) electrons. The molecule has 5 aliphatic rings. The monoisotopic (exact) mass is 438 g/mol. The quantitative estimate of drug-likeness (QED) is 0.296. The second-order valence-corrected chi connectivity index (χ2v) is 15.3. The van der Waals surface area contributed by atoms with Gasteiger partial charge >= 0.3 is 0 Å². The first-order valence-corrected chi connectivity index (χ1v) is 13.9. The zero-order valence-corrected chi connectivity index (χ0v) is 22.4. The van der Waals surface area contributed by atoms with Crippen LogP contribution in [0.1, 0.15) is 120 Å². The molecule has 180 valence electrons. The van der Waals surface area contributed by atoms with Gasteiger partial charge in [-0.1, -0.05) is 67.0 Å². The predicted molar refractivity (Wildman–Crippen MR) is 134 cm³/mol. The van der Waals surface area contributed by atoms with E-state index in [0.29, 0.717) is 27.6 Å². The van der Waals surface area contributed by atoms with Crippen molar-refractivity contribution in [1.82, 2.24) is 0 Å². The minimum absolute atomic E-state index is 0.0760. The molecule has 0 aromatic rings. The van der Waals surface area contributed by atoms with E-state index in [1.807, 2.05) is 0 Å². The lowest BCUT2D eigenvalue weighted by atomic mass is 9.33. The highest BCUT2D eigenvalue weighted by Crippen LogP contribution is 2.75. The van der Waals surface area contributed by atoms with Gasteiger partial charge in [0.15, 0.2) is 0 Å². The third-order valence-electron chi connectivity index (χ3n) is 13.5. The van der Waals surface area contributed by atoms with Gasteiger partial charge in [-0.05, 0) is 115 Å². The van der Waals surface area contributed by atoms with Gasteiger partial charge in [-0.15, -0.1) is 0 Å². The fraction of sp³-hybridized carbons (Fsp3) is 0.903. The fourth-order valence-electron chi connectivity index (χ4n) is 10.7. The Balaban J connectivity index is 1.59. The van der Waals surface area contributed by atoms with Crippen LogP contribution in [-0.4, -0.2) is 6.29 Å². The van der Waals surface area contributed by atoms with Gasteiger partial charge in [0.1, 0.15) is 6.29 Å².